The fourth-order valence-electron chi connectivity index (χ4n) is 3.73. The summed E-state index contributed by atoms with van der Waals surface area (Å²) >= 11 is 0. The second-order valence-corrected chi connectivity index (χ2v) is 9.16. The van der Waals surface area contributed by atoms with Crippen molar-refractivity contribution in [3.63, 3.8) is 0 Å². The second-order valence-electron chi connectivity index (χ2n) is 9.16. The number of aliphatic carboxylic acids is 1. The molecule has 4 atom stereocenters. The van der Waals surface area contributed by atoms with Gasteiger partial charge < -0.3 is 37.6 Å². The molecule has 2 aromatic carbocycles. The predicted octanol–water partition coefficient (Wildman–Crippen LogP) is 0.193. The van der Waals surface area contributed by atoms with Gasteiger partial charge in [0.15, 0.2) is 0 Å². The maximum absolute atomic E-state index is 13.4. The van der Waals surface area contributed by atoms with E-state index < -0.39 is 47.9 Å². The first kappa shape index (κ1) is 30.3. The van der Waals surface area contributed by atoms with E-state index in [4.69, 9.17) is 11.5 Å². The summed E-state index contributed by atoms with van der Waals surface area (Å²) in [5.41, 5.74) is 12.6. The minimum absolute atomic E-state index is 0.0495. The SMILES string of the molecule is CC(N)C(=O)NC(Cc1ccc(O)cc1)C(=O)NC(Cc1ccccc1)C(=O)NC(CCCCN)C(=O)O. The van der Waals surface area contributed by atoms with E-state index in [0.29, 0.717) is 24.9 Å². The van der Waals surface area contributed by atoms with Gasteiger partial charge in [0.05, 0.1) is 6.04 Å². The van der Waals surface area contributed by atoms with Crippen LogP contribution in [0.3, 0.4) is 0 Å². The minimum atomic E-state index is -1.19. The van der Waals surface area contributed by atoms with Crippen LogP contribution in [-0.2, 0) is 32.0 Å². The van der Waals surface area contributed by atoms with Crippen LogP contribution in [0.1, 0.15) is 37.3 Å². The van der Waals surface area contributed by atoms with Crippen LogP contribution in [0, 0.1) is 0 Å². The fraction of sp³-hybridized carbons (Fsp3) is 0.407. The van der Waals surface area contributed by atoms with E-state index in [1.165, 1.54) is 19.1 Å². The molecule has 0 saturated heterocycles. The third kappa shape index (κ3) is 10.2. The molecule has 0 aliphatic rings. The number of carbonyl (C=O) groups excluding carboxylic acids is 3. The van der Waals surface area contributed by atoms with Gasteiger partial charge in [0.1, 0.15) is 23.9 Å². The number of nitrogens with two attached hydrogens (primary N) is 2. The van der Waals surface area contributed by atoms with Gasteiger partial charge >= 0.3 is 5.97 Å². The summed E-state index contributed by atoms with van der Waals surface area (Å²) in [5.74, 6) is -3.00. The van der Waals surface area contributed by atoms with E-state index in [0.717, 1.165) is 5.56 Å². The monoisotopic (exact) mass is 527 g/mol. The summed E-state index contributed by atoms with van der Waals surface area (Å²) in [6.07, 6.45) is 1.49. The van der Waals surface area contributed by atoms with E-state index in [1.54, 1.807) is 36.4 Å². The molecule has 0 aliphatic carbocycles. The lowest BCUT2D eigenvalue weighted by molar-refractivity contribution is -0.142. The first-order valence-electron chi connectivity index (χ1n) is 12.5. The number of nitrogens with one attached hydrogen (secondary N) is 3. The number of benzene rings is 2. The highest BCUT2D eigenvalue weighted by Gasteiger charge is 2.30. The number of carboxylic acid groups (broad SMARTS) is 1. The maximum atomic E-state index is 13.4. The van der Waals surface area contributed by atoms with Crippen molar-refractivity contribution in [3.8, 4) is 5.75 Å². The summed E-state index contributed by atoms with van der Waals surface area (Å²) in [7, 11) is 0. The van der Waals surface area contributed by atoms with Crippen LogP contribution in [0.15, 0.2) is 54.6 Å². The number of phenols is 1. The Morgan fingerprint density at radius 1 is 0.763 bits per heavy atom. The van der Waals surface area contributed by atoms with Crippen molar-refractivity contribution < 1.29 is 29.4 Å². The van der Waals surface area contributed by atoms with Crippen LogP contribution in [0.2, 0.25) is 0 Å². The standard InChI is InChI=1S/C27H37N5O6/c1-17(29)24(34)31-22(16-19-10-12-20(33)13-11-19)26(36)32-23(15-18-7-3-2-4-8-18)25(35)30-21(27(37)38)9-5-6-14-28/h2-4,7-8,10-13,17,21-23,33H,5-6,9,14-16,28-29H2,1H3,(H,30,35)(H,31,34)(H,32,36)(H,37,38). The molecule has 0 saturated carbocycles. The van der Waals surface area contributed by atoms with E-state index >= 15 is 0 Å². The van der Waals surface area contributed by atoms with Gasteiger partial charge in [-0.2, -0.15) is 0 Å². The van der Waals surface area contributed by atoms with Crippen molar-refractivity contribution in [3.05, 3.63) is 65.7 Å². The summed E-state index contributed by atoms with van der Waals surface area (Å²) in [5, 5.41) is 27.0. The number of phenolic OH excluding ortho intramolecular Hbond substituents is 1. The Bertz CT molecular complexity index is 1060. The van der Waals surface area contributed by atoms with E-state index in [-0.39, 0.29) is 25.0 Å². The van der Waals surface area contributed by atoms with Gasteiger partial charge in [-0.1, -0.05) is 42.5 Å². The number of amides is 3. The van der Waals surface area contributed by atoms with Crippen molar-refractivity contribution in [2.45, 2.75) is 63.2 Å². The highest BCUT2D eigenvalue weighted by molar-refractivity contribution is 5.94. The lowest BCUT2D eigenvalue weighted by Crippen LogP contribution is -2.58. The van der Waals surface area contributed by atoms with Crippen LogP contribution < -0.4 is 27.4 Å². The molecule has 0 spiro atoms. The quantitative estimate of drug-likeness (QED) is 0.159. The summed E-state index contributed by atoms with van der Waals surface area (Å²) < 4.78 is 0. The van der Waals surface area contributed by atoms with E-state index in [1.807, 2.05) is 6.07 Å². The zero-order valence-corrected chi connectivity index (χ0v) is 21.4. The van der Waals surface area contributed by atoms with Gasteiger partial charge in [-0.25, -0.2) is 4.79 Å². The number of carbonyl (C=O) groups is 4. The molecule has 0 radical (unpaired) electrons. The average molecular weight is 528 g/mol. The topological polar surface area (TPSA) is 197 Å². The second kappa shape index (κ2) is 15.3. The number of hydrogen-bond donors (Lipinski definition) is 7. The molecule has 206 valence electrons. The van der Waals surface area contributed by atoms with Gasteiger partial charge in [-0.3, -0.25) is 14.4 Å². The molecule has 9 N–H and O–H groups in total. The molecule has 0 heterocycles. The molecular formula is C27H37N5O6. The molecule has 11 nitrogen and oxygen atoms in total. The van der Waals surface area contributed by atoms with Gasteiger partial charge in [0, 0.05) is 12.8 Å². The minimum Gasteiger partial charge on any atom is -0.508 e. The molecule has 0 aromatic heterocycles. The van der Waals surface area contributed by atoms with Crippen molar-refractivity contribution in [2.24, 2.45) is 11.5 Å². The Balaban J connectivity index is 2.26. The normalized spacial score (nSPS) is 14.0. The molecule has 11 heteroatoms. The molecule has 2 aromatic rings. The van der Waals surface area contributed by atoms with E-state index in [9.17, 15) is 29.4 Å². The Morgan fingerprint density at radius 3 is 1.76 bits per heavy atom. The van der Waals surface area contributed by atoms with Crippen molar-refractivity contribution in [1.82, 2.24) is 16.0 Å². The third-order valence-corrected chi connectivity index (χ3v) is 5.90. The molecule has 0 bridgehead atoms. The highest BCUT2D eigenvalue weighted by Crippen LogP contribution is 2.12. The zero-order chi connectivity index (χ0) is 28.1. The van der Waals surface area contributed by atoms with E-state index in [2.05, 4.69) is 16.0 Å². The number of aromatic hydroxyl groups is 1. The first-order chi connectivity index (χ1) is 18.1. The fourth-order valence-corrected chi connectivity index (χ4v) is 3.73. The van der Waals surface area contributed by atoms with Crippen LogP contribution in [0.4, 0.5) is 0 Å². The van der Waals surface area contributed by atoms with Crippen LogP contribution >= 0.6 is 0 Å². The molecule has 3 amide bonds. The van der Waals surface area contributed by atoms with Crippen LogP contribution in [0.25, 0.3) is 0 Å². The number of rotatable bonds is 15. The van der Waals surface area contributed by atoms with Crippen molar-refractivity contribution in [1.29, 1.82) is 0 Å². The smallest absolute Gasteiger partial charge is 0.326 e. The average Bonchev–Trinajstić information content (AvgIpc) is 2.88. The highest BCUT2D eigenvalue weighted by atomic mass is 16.4. The van der Waals surface area contributed by atoms with Gasteiger partial charge in [-0.05, 0) is 56.0 Å². The maximum Gasteiger partial charge on any atom is 0.326 e. The van der Waals surface area contributed by atoms with Gasteiger partial charge in [-0.15, -0.1) is 0 Å². The van der Waals surface area contributed by atoms with Gasteiger partial charge in [0.2, 0.25) is 17.7 Å². The first-order valence-corrected chi connectivity index (χ1v) is 12.5. The van der Waals surface area contributed by atoms with Crippen LogP contribution in [0.5, 0.6) is 5.75 Å². The molecule has 0 aliphatic heterocycles. The Kier molecular flexibility index (Phi) is 12.2. The van der Waals surface area contributed by atoms with Crippen molar-refractivity contribution >= 4 is 23.7 Å². The van der Waals surface area contributed by atoms with Crippen molar-refractivity contribution in [2.75, 3.05) is 6.54 Å². The predicted molar refractivity (Wildman–Crippen MR) is 142 cm³/mol. The van der Waals surface area contributed by atoms with Gasteiger partial charge in [0.25, 0.3) is 0 Å². The molecular weight excluding hydrogens is 490 g/mol. The Morgan fingerprint density at radius 2 is 1.26 bits per heavy atom. The zero-order valence-electron chi connectivity index (χ0n) is 21.4. The number of unbranched alkanes of at least 4 members (excludes halogenated alkanes) is 1. The summed E-state index contributed by atoms with van der Waals surface area (Å²) in [6.45, 7) is 1.88. The largest absolute Gasteiger partial charge is 0.508 e. The summed E-state index contributed by atoms with van der Waals surface area (Å²) in [6, 6.07) is 10.9. The molecule has 38 heavy (non-hydrogen) atoms. The molecule has 4 unspecified atom stereocenters. The lowest BCUT2D eigenvalue weighted by atomic mass is 10.0. The Labute approximate surface area is 222 Å². The Hall–Kier alpha value is -3.96. The lowest BCUT2D eigenvalue weighted by Gasteiger charge is -2.25. The number of hydrogen-bond acceptors (Lipinski definition) is 7. The molecule has 2 rings (SSSR count). The third-order valence-electron chi connectivity index (χ3n) is 5.90. The summed E-state index contributed by atoms with van der Waals surface area (Å²) in [4.78, 5) is 50.7. The molecule has 0 fully saturated rings. The number of carboxylic acids is 1. The van der Waals surface area contributed by atoms with Crippen LogP contribution in [-0.4, -0.2) is 64.6 Å².